The van der Waals surface area contributed by atoms with Crippen molar-refractivity contribution in [1.29, 1.82) is 0 Å². The van der Waals surface area contributed by atoms with Crippen molar-refractivity contribution in [3.05, 3.63) is 23.8 Å². The van der Waals surface area contributed by atoms with E-state index in [0.717, 1.165) is 0 Å². The summed E-state index contributed by atoms with van der Waals surface area (Å²) in [6.07, 6.45) is 0. The molecule has 1 aliphatic heterocycles. The van der Waals surface area contributed by atoms with Crippen LogP contribution in [-0.4, -0.2) is 11.1 Å². The zero-order valence-corrected chi connectivity index (χ0v) is 6.64. The molecule has 3 N–H and O–H groups in total. The lowest BCUT2D eigenvalue weighted by Crippen LogP contribution is -2.06. The Hall–Kier alpha value is -1.91. The quantitative estimate of drug-likeness (QED) is 0.637. The van der Waals surface area contributed by atoms with Crippen molar-refractivity contribution < 1.29 is 9.90 Å². The highest BCUT2D eigenvalue weighted by atomic mass is 16.4. The number of aliphatic carboxylic acids is 1. The SMILES string of the molecule is Nc1cccc2c1N=N[C@@H]2C(=O)O. The van der Waals surface area contributed by atoms with Gasteiger partial charge in [0.05, 0.1) is 5.69 Å². The Kier molecular flexibility index (Phi) is 1.51. The van der Waals surface area contributed by atoms with E-state index in [0.29, 0.717) is 16.9 Å². The molecule has 1 aliphatic rings. The van der Waals surface area contributed by atoms with E-state index < -0.39 is 12.0 Å². The van der Waals surface area contributed by atoms with Gasteiger partial charge < -0.3 is 10.8 Å². The van der Waals surface area contributed by atoms with Gasteiger partial charge in [-0.1, -0.05) is 12.1 Å². The maximum absolute atomic E-state index is 10.7. The van der Waals surface area contributed by atoms with Gasteiger partial charge in [-0.15, -0.1) is 0 Å². The highest BCUT2D eigenvalue weighted by Crippen LogP contribution is 2.39. The molecule has 0 saturated heterocycles. The number of carbonyl (C=O) groups is 1. The van der Waals surface area contributed by atoms with Gasteiger partial charge in [-0.2, -0.15) is 10.2 Å². The van der Waals surface area contributed by atoms with E-state index >= 15 is 0 Å². The fourth-order valence-corrected chi connectivity index (χ4v) is 1.28. The van der Waals surface area contributed by atoms with Crippen LogP contribution in [0.1, 0.15) is 11.6 Å². The van der Waals surface area contributed by atoms with Gasteiger partial charge in [0.15, 0.2) is 6.04 Å². The predicted molar refractivity (Wildman–Crippen MR) is 45.7 cm³/mol. The number of hydrogen-bond donors (Lipinski definition) is 2. The second-order valence-electron chi connectivity index (χ2n) is 2.74. The lowest BCUT2D eigenvalue weighted by atomic mass is 10.1. The van der Waals surface area contributed by atoms with Crippen LogP contribution in [-0.2, 0) is 4.79 Å². The van der Waals surface area contributed by atoms with Crippen LogP contribution < -0.4 is 5.73 Å². The van der Waals surface area contributed by atoms with Crippen LogP contribution >= 0.6 is 0 Å². The third kappa shape index (κ3) is 1.05. The van der Waals surface area contributed by atoms with Crippen molar-refractivity contribution in [1.82, 2.24) is 0 Å². The van der Waals surface area contributed by atoms with Gasteiger partial charge in [0.1, 0.15) is 5.69 Å². The fraction of sp³-hybridized carbons (Fsp3) is 0.125. The largest absolute Gasteiger partial charge is 0.479 e. The van der Waals surface area contributed by atoms with E-state index in [4.69, 9.17) is 10.8 Å². The summed E-state index contributed by atoms with van der Waals surface area (Å²) >= 11 is 0. The topological polar surface area (TPSA) is 88.0 Å². The van der Waals surface area contributed by atoms with Gasteiger partial charge in [-0.25, -0.2) is 4.79 Å². The molecule has 13 heavy (non-hydrogen) atoms. The summed E-state index contributed by atoms with van der Waals surface area (Å²) in [5.41, 5.74) is 7.09. The molecule has 5 nitrogen and oxygen atoms in total. The normalized spacial score (nSPS) is 18.6. The number of nitrogens with two attached hydrogens (primary N) is 1. The third-order valence-electron chi connectivity index (χ3n) is 1.90. The Labute approximate surface area is 73.9 Å². The van der Waals surface area contributed by atoms with Gasteiger partial charge in [-0.05, 0) is 6.07 Å². The number of carboxylic acid groups (broad SMARTS) is 1. The molecule has 1 aromatic carbocycles. The monoisotopic (exact) mass is 177 g/mol. The molecule has 1 atom stereocenters. The molecule has 1 aromatic rings. The average Bonchev–Trinajstić information content (AvgIpc) is 2.48. The molecule has 1 heterocycles. The first kappa shape index (κ1) is 7.72. The lowest BCUT2D eigenvalue weighted by molar-refractivity contribution is -0.138. The molecule has 0 unspecified atom stereocenters. The maximum Gasteiger partial charge on any atom is 0.335 e. The molecule has 0 radical (unpaired) electrons. The maximum atomic E-state index is 10.7. The predicted octanol–water partition coefficient (Wildman–Crippen LogP) is 1.49. The van der Waals surface area contributed by atoms with Crippen LogP contribution in [0.15, 0.2) is 28.4 Å². The van der Waals surface area contributed by atoms with Gasteiger partial charge in [-0.3, -0.25) is 0 Å². The Bertz CT molecular complexity index is 400. The second kappa shape index (κ2) is 2.55. The van der Waals surface area contributed by atoms with Gasteiger partial charge in [0.2, 0.25) is 0 Å². The summed E-state index contributed by atoms with van der Waals surface area (Å²) in [7, 11) is 0. The van der Waals surface area contributed by atoms with Gasteiger partial charge >= 0.3 is 5.97 Å². The zero-order valence-electron chi connectivity index (χ0n) is 6.64. The molecule has 0 amide bonds. The van der Waals surface area contributed by atoms with Crippen molar-refractivity contribution >= 4 is 17.3 Å². The van der Waals surface area contributed by atoms with Crippen molar-refractivity contribution in [2.75, 3.05) is 5.73 Å². The molecular weight excluding hydrogens is 170 g/mol. The molecule has 0 bridgehead atoms. The molecule has 0 spiro atoms. The van der Waals surface area contributed by atoms with E-state index in [9.17, 15) is 4.79 Å². The number of nitrogens with zero attached hydrogens (tertiary/aromatic N) is 2. The minimum absolute atomic E-state index is 0.463. The Morgan fingerprint density at radius 1 is 1.54 bits per heavy atom. The van der Waals surface area contributed by atoms with Crippen LogP contribution in [0, 0.1) is 0 Å². The van der Waals surface area contributed by atoms with Gasteiger partial charge in [0, 0.05) is 5.56 Å². The molecule has 0 aromatic heterocycles. The van der Waals surface area contributed by atoms with E-state index in [1.165, 1.54) is 0 Å². The molecule has 66 valence electrons. The van der Waals surface area contributed by atoms with Crippen molar-refractivity contribution in [3.8, 4) is 0 Å². The summed E-state index contributed by atoms with van der Waals surface area (Å²) in [4.78, 5) is 10.7. The summed E-state index contributed by atoms with van der Waals surface area (Å²) < 4.78 is 0. The number of anilines is 1. The van der Waals surface area contributed by atoms with Gasteiger partial charge in [0.25, 0.3) is 0 Å². The highest BCUT2D eigenvalue weighted by molar-refractivity contribution is 5.82. The Balaban J connectivity index is 2.55. The summed E-state index contributed by atoms with van der Waals surface area (Å²) in [6.45, 7) is 0. The standard InChI is InChI=1S/C8H7N3O2/c9-5-3-1-2-4-6(5)10-11-7(4)8(12)13/h1-3,7H,9H2,(H,12,13)/t7-/m0/s1. The van der Waals surface area contributed by atoms with E-state index in [1.807, 2.05) is 0 Å². The number of carboxylic acids is 1. The van der Waals surface area contributed by atoms with Crippen LogP contribution in [0.25, 0.3) is 0 Å². The van der Waals surface area contributed by atoms with Crippen molar-refractivity contribution in [2.24, 2.45) is 10.2 Å². The molecular formula is C8H7N3O2. The molecule has 2 rings (SSSR count). The van der Waals surface area contributed by atoms with E-state index in [2.05, 4.69) is 10.2 Å². The number of benzene rings is 1. The second-order valence-corrected chi connectivity index (χ2v) is 2.74. The zero-order chi connectivity index (χ0) is 9.42. The smallest absolute Gasteiger partial charge is 0.335 e. The lowest BCUT2D eigenvalue weighted by Gasteiger charge is -2.02. The summed E-state index contributed by atoms with van der Waals surface area (Å²) in [6, 6.07) is 4.14. The number of nitrogen functional groups attached to an aromatic ring is 1. The Morgan fingerprint density at radius 2 is 2.31 bits per heavy atom. The number of azo groups is 1. The highest BCUT2D eigenvalue weighted by Gasteiger charge is 2.27. The molecule has 0 saturated carbocycles. The summed E-state index contributed by atoms with van der Waals surface area (Å²) in [5.74, 6) is -1.01. The summed E-state index contributed by atoms with van der Waals surface area (Å²) in [5, 5.41) is 16.1. The first-order valence-corrected chi connectivity index (χ1v) is 3.72. The first-order valence-electron chi connectivity index (χ1n) is 3.72. The number of rotatable bonds is 1. The van der Waals surface area contributed by atoms with Crippen molar-refractivity contribution in [2.45, 2.75) is 6.04 Å². The molecule has 0 fully saturated rings. The Morgan fingerprint density at radius 3 is 3.00 bits per heavy atom. The van der Waals surface area contributed by atoms with E-state index in [1.54, 1.807) is 18.2 Å². The fourth-order valence-electron chi connectivity index (χ4n) is 1.28. The van der Waals surface area contributed by atoms with Crippen LogP contribution in [0.4, 0.5) is 11.4 Å². The van der Waals surface area contributed by atoms with Crippen LogP contribution in [0.3, 0.4) is 0 Å². The van der Waals surface area contributed by atoms with Crippen LogP contribution in [0.5, 0.6) is 0 Å². The van der Waals surface area contributed by atoms with E-state index in [-0.39, 0.29) is 0 Å². The first-order chi connectivity index (χ1) is 6.20. The molecule has 0 aliphatic carbocycles. The number of hydrogen-bond acceptors (Lipinski definition) is 4. The third-order valence-corrected chi connectivity index (χ3v) is 1.90. The average molecular weight is 177 g/mol. The minimum atomic E-state index is -1.01. The minimum Gasteiger partial charge on any atom is -0.479 e. The van der Waals surface area contributed by atoms with Crippen molar-refractivity contribution in [3.63, 3.8) is 0 Å². The van der Waals surface area contributed by atoms with Crippen LogP contribution in [0.2, 0.25) is 0 Å². The number of fused-ring (bicyclic) bond motifs is 1. The molecule has 5 heteroatoms.